The minimum absolute atomic E-state index is 0.0554. The van der Waals surface area contributed by atoms with Crippen molar-refractivity contribution in [3.63, 3.8) is 0 Å². The fourth-order valence-corrected chi connectivity index (χ4v) is 3.32. The van der Waals surface area contributed by atoms with E-state index in [0.29, 0.717) is 0 Å². The molecule has 1 aromatic carbocycles. The number of carbonyl (C=O) groups is 1. The molecular formula is C17H24N2O2S. The summed E-state index contributed by atoms with van der Waals surface area (Å²) in [5, 5.41) is 9.70. The number of aliphatic carboxylic acids is 1. The Hall–Kier alpha value is -1.49. The van der Waals surface area contributed by atoms with Gasteiger partial charge < -0.3 is 9.67 Å². The number of benzene rings is 1. The minimum atomic E-state index is -0.803. The van der Waals surface area contributed by atoms with E-state index in [-0.39, 0.29) is 5.75 Å². The van der Waals surface area contributed by atoms with Crippen molar-refractivity contribution in [3.05, 3.63) is 24.3 Å². The van der Waals surface area contributed by atoms with Gasteiger partial charge in [0.25, 0.3) is 0 Å². The lowest BCUT2D eigenvalue weighted by Crippen LogP contribution is -2.03. The lowest BCUT2D eigenvalue weighted by molar-refractivity contribution is -0.133. The van der Waals surface area contributed by atoms with E-state index in [2.05, 4.69) is 22.5 Å². The smallest absolute Gasteiger partial charge is 0.313 e. The number of para-hydroxylation sites is 2. The molecule has 0 aliphatic heterocycles. The molecule has 4 nitrogen and oxygen atoms in total. The van der Waals surface area contributed by atoms with E-state index in [1.807, 2.05) is 18.2 Å². The Labute approximate surface area is 135 Å². The van der Waals surface area contributed by atoms with Crippen molar-refractivity contribution >= 4 is 28.8 Å². The van der Waals surface area contributed by atoms with Crippen molar-refractivity contribution in [1.82, 2.24) is 9.55 Å². The molecule has 2 rings (SSSR count). The largest absolute Gasteiger partial charge is 0.481 e. The fourth-order valence-electron chi connectivity index (χ4n) is 2.56. The molecule has 0 saturated carbocycles. The molecule has 1 aromatic heterocycles. The van der Waals surface area contributed by atoms with Crippen LogP contribution >= 0.6 is 11.8 Å². The molecule has 0 radical (unpaired) electrons. The quantitative estimate of drug-likeness (QED) is 0.514. The van der Waals surface area contributed by atoms with Gasteiger partial charge in [-0.2, -0.15) is 0 Å². The van der Waals surface area contributed by atoms with Gasteiger partial charge in [0.15, 0.2) is 5.16 Å². The molecule has 0 fully saturated rings. The van der Waals surface area contributed by atoms with Gasteiger partial charge >= 0.3 is 5.97 Å². The van der Waals surface area contributed by atoms with Crippen LogP contribution in [0.25, 0.3) is 11.0 Å². The highest BCUT2D eigenvalue weighted by molar-refractivity contribution is 7.99. The molecule has 0 unspecified atom stereocenters. The van der Waals surface area contributed by atoms with Crippen LogP contribution in [0, 0.1) is 0 Å². The highest BCUT2D eigenvalue weighted by Crippen LogP contribution is 2.24. The zero-order chi connectivity index (χ0) is 15.8. The maximum atomic E-state index is 10.8. The summed E-state index contributed by atoms with van der Waals surface area (Å²) in [6.07, 6.45) is 7.50. The third kappa shape index (κ3) is 4.77. The Morgan fingerprint density at radius 2 is 1.91 bits per heavy atom. The van der Waals surface area contributed by atoms with E-state index in [1.54, 1.807) is 0 Å². The first-order valence-corrected chi connectivity index (χ1v) is 9.00. The van der Waals surface area contributed by atoms with Gasteiger partial charge in [-0.05, 0) is 18.6 Å². The van der Waals surface area contributed by atoms with Gasteiger partial charge in [-0.15, -0.1) is 0 Å². The summed E-state index contributed by atoms with van der Waals surface area (Å²) in [6.45, 7) is 3.14. The normalized spacial score (nSPS) is 11.1. The van der Waals surface area contributed by atoms with Crippen molar-refractivity contribution in [2.24, 2.45) is 0 Å². The number of nitrogens with zero attached hydrogens (tertiary/aromatic N) is 2. The molecule has 0 aliphatic rings. The van der Waals surface area contributed by atoms with Crippen molar-refractivity contribution < 1.29 is 9.90 Å². The van der Waals surface area contributed by atoms with E-state index >= 15 is 0 Å². The Kier molecular flexibility index (Phi) is 6.77. The highest BCUT2D eigenvalue weighted by Gasteiger charge is 2.12. The number of fused-ring (bicyclic) bond motifs is 1. The number of carboxylic acid groups (broad SMARTS) is 1. The maximum Gasteiger partial charge on any atom is 0.313 e. The second-order valence-electron chi connectivity index (χ2n) is 5.48. The fraction of sp³-hybridized carbons (Fsp3) is 0.529. The highest BCUT2D eigenvalue weighted by atomic mass is 32.2. The molecule has 2 aromatic rings. The number of aromatic nitrogens is 2. The Morgan fingerprint density at radius 3 is 2.68 bits per heavy atom. The molecule has 5 heteroatoms. The number of rotatable bonds is 10. The van der Waals surface area contributed by atoms with Crippen LogP contribution in [0.15, 0.2) is 29.4 Å². The van der Waals surface area contributed by atoms with Gasteiger partial charge in [0.05, 0.1) is 16.8 Å². The third-order valence-corrected chi connectivity index (χ3v) is 4.64. The third-order valence-electron chi connectivity index (χ3n) is 3.68. The average molecular weight is 320 g/mol. The van der Waals surface area contributed by atoms with Gasteiger partial charge in [-0.1, -0.05) is 62.9 Å². The number of aryl methyl sites for hydroxylation is 1. The second-order valence-corrected chi connectivity index (χ2v) is 6.43. The molecule has 0 amide bonds. The summed E-state index contributed by atoms with van der Waals surface area (Å²) in [4.78, 5) is 15.4. The Bertz CT molecular complexity index is 610. The number of unbranched alkanes of at least 4 members (excludes halogenated alkanes) is 5. The summed E-state index contributed by atoms with van der Waals surface area (Å²) in [6, 6.07) is 8.02. The molecule has 0 saturated heterocycles. The second kappa shape index (κ2) is 8.83. The molecule has 1 heterocycles. The van der Waals surface area contributed by atoms with Crippen molar-refractivity contribution in [2.45, 2.75) is 57.1 Å². The van der Waals surface area contributed by atoms with Gasteiger partial charge in [0, 0.05) is 6.54 Å². The predicted molar refractivity (Wildman–Crippen MR) is 91.5 cm³/mol. The van der Waals surface area contributed by atoms with Crippen molar-refractivity contribution in [2.75, 3.05) is 5.75 Å². The SMILES string of the molecule is CCCCCCCCn1c(SCC(=O)O)nc2ccccc21. The Balaban J connectivity index is 2.01. The maximum absolute atomic E-state index is 10.8. The monoisotopic (exact) mass is 320 g/mol. The molecular weight excluding hydrogens is 296 g/mol. The lowest BCUT2D eigenvalue weighted by atomic mass is 10.1. The van der Waals surface area contributed by atoms with E-state index in [4.69, 9.17) is 5.11 Å². The van der Waals surface area contributed by atoms with Crippen LogP contribution in [0.4, 0.5) is 0 Å². The summed E-state index contributed by atoms with van der Waals surface area (Å²) in [5.41, 5.74) is 2.05. The van der Waals surface area contributed by atoms with E-state index in [9.17, 15) is 4.79 Å². The molecule has 0 bridgehead atoms. The van der Waals surface area contributed by atoms with E-state index in [0.717, 1.165) is 29.2 Å². The number of carboxylic acids is 1. The number of hydrogen-bond acceptors (Lipinski definition) is 3. The summed E-state index contributed by atoms with van der Waals surface area (Å²) < 4.78 is 2.17. The van der Waals surface area contributed by atoms with Crippen LogP contribution < -0.4 is 0 Å². The summed E-state index contributed by atoms with van der Waals surface area (Å²) in [5.74, 6) is -0.747. The molecule has 120 valence electrons. The Morgan fingerprint density at radius 1 is 1.18 bits per heavy atom. The first kappa shape index (κ1) is 16.9. The minimum Gasteiger partial charge on any atom is -0.481 e. The predicted octanol–water partition coefficient (Wildman–Crippen LogP) is 4.57. The van der Waals surface area contributed by atoms with Gasteiger partial charge in [-0.25, -0.2) is 4.98 Å². The molecule has 0 aliphatic carbocycles. The molecule has 0 atom stereocenters. The van der Waals surface area contributed by atoms with Crippen LogP contribution in [0.2, 0.25) is 0 Å². The molecule has 22 heavy (non-hydrogen) atoms. The van der Waals surface area contributed by atoms with E-state index in [1.165, 1.54) is 43.9 Å². The lowest BCUT2D eigenvalue weighted by Gasteiger charge is -2.08. The zero-order valence-electron chi connectivity index (χ0n) is 13.1. The van der Waals surface area contributed by atoms with Gasteiger partial charge in [0.2, 0.25) is 0 Å². The zero-order valence-corrected chi connectivity index (χ0v) is 13.9. The van der Waals surface area contributed by atoms with E-state index < -0.39 is 5.97 Å². The van der Waals surface area contributed by atoms with Crippen molar-refractivity contribution in [1.29, 1.82) is 0 Å². The summed E-state index contributed by atoms with van der Waals surface area (Å²) >= 11 is 1.31. The van der Waals surface area contributed by atoms with Gasteiger partial charge in [0.1, 0.15) is 0 Å². The van der Waals surface area contributed by atoms with Crippen molar-refractivity contribution in [3.8, 4) is 0 Å². The van der Waals surface area contributed by atoms with Crippen LogP contribution in [-0.2, 0) is 11.3 Å². The molecule has 1 N–H and O–H groups in total. The number of hydrogen-bond donors (Lipinski definition) is 1. The average Bonchev–Trinajstić information content (AvgIpc) is 2.86. The summed E-state index contributed by atoms with van der Waals surface area (Å²) in [7, 11) is 0. The van der Waals surface area contributed by atoms with Crippen LogP contribution in [0.5, 0.6) is 0 Å². The topological polar surface area (TPSA) is 55.1 Å². The first-order valence-electron chi connectivity index (χ1n) is 8.02. The standard InChI is InChI=1S/C17H24N2O2S/c1-2-3-4-5-6-9-12-19-15-11-8-7-10-14(15)18-17(19)22-13-16(20)21/h7-8,10-11H,2-6,9,12-13H2,1H3,(H,20,21). The van der Waals surface area contributed by atoms with Crippen LogP contribution in [-0.4, -0.2) is 26.4 Å². The number of thioether (sulfide) groups is 1. The van der Waals surface area contributed by atoms with Crippen LogP contribution in [0.1, 0.15) is 45.4 Å². The van der Waals surface area contributed by atoms with Gasteiger partial charge in [-0.3, -0.25) is 4.79 Å². The first-order chi connectivity index (χ1) is 10.7. The van der Waals surface area contributed by atoms with Crippen LogP contribution in [0.3, 0.4) is 0 Å². The molecule has 0 spiro atoms. The number of imidazole rings is 1.